The number of hydrogen-bond acceptors (Lipinski definition) is 0. The van der Waals surface area contributed by atoms with E-state index in [2.05, 4.69) is 157 Å². The van der Waals surface area contributed by atoms with Gasteiger partial charge in [-0.25, -0.2) is 0 Å². The van der Waals surface area contributed by atoms with Crippen LogP contribution in [0.2, 0.25) is 0 Å². The first-order chi connectivity index (χ1) is 20.2. The fourth-order valence-corrected chi connectivity index (χ4v) is 7.41. The van der Waals surface area contributed by atoms with Crippen molar-refractivity contribution in [2.75, 3.05) is 0 Å². The van der Waals surface area contributed by atoms with Gasteiger partial charge in [-0.1, -0.05) is 115 Å². The summed E-state index contributed by atoms with van der Waals surface area (Å²) in [5.41, 5.74) is 10.2. The summed E-state index contributed by atoms with van der Waals surface area (Å²) >= 11 is 0. The third-order valence-electron chi connectivity index (χ3n) is 9.43. The Labute approximate surface area is 238 Å². The molecule has 0 saturated carbocycles. The van der Waals surface area contributed by atoms with Gasteiger partial charge in [0.05, 0.1) is 11.0 Å². The van der Waals surface area contributed by atoms with Crippen LogP contribution < -0.4 is 0 Å². The number of fused-ring (bicyclic) bond motifs is 9. The summed E-state index contributed by atoms with van der Waals surface area (Å²) in [6.45, 7) is 2.42. The highest BCUT2D eigenvalue weighted by Gasteiger charge is 2.41. The van der Waals surface area contributed by atoms with Gasteiger partial charge in [0.25, 0.3) is 0 Å². The second-order valence-electron chi connectivity index (χ2n) is 11.5. The zero-order valence-corrected chi connectivity index (χ0v) is 22.8. The third-order valence-corrected chi connectivity index (χ3v) is 9.43. The zero-order chi connectivity index (χ0) is 27.1. The number of benzene rings is 7. The Morgan fingerprint density at radius 3 is 2.05 bits per heavy atom. The van der Waals surface area contributed by atoms with Crippen molar-refractivity contribution in [1.29, 1.82) is 0 Å². The maximum Gasteiger partial charge on any atom is 0.0619 e. The Balaban J connectivity index is 1.44. The Morgan fingerprint density at radius 1 is 0.463 bits per heavy atom. The molecule has 1 heteroatoms. The minimum atomic E-state index is -0.274. The maximum atomic E-state index is 2.49. The molecule has 8 aromatic rings. The van der Waals surface area contributed by atoms with Crippen LogP contribution in [0.4, 0.5) is 0 Å². The SMILES string of the molecule is CC1(c2ccc3ccccc3c2)c2ccccc2-c2cc3c4ccc5ccccc5c4n(-c4ccccc4)c3cc21. The fraction of sp³-hybridized carbons (Fsp3) is 0.0500. The van der Waals surface area contributed by atoms with Crippen LogP contribution in [0.25, 0.3) is 60.2 Å². The molecular weight excluding hydrogens is 494 g/mol. The van der Waals surface area contributed by atoms with Crippen molar-refractivity contribution in [1.82, 2.24) is 4.57 Å². The molecule has 0 fully saturated rings. The molecular formula is C40H27N. The second-order valence-corrected chi connectivity index (χ2v) is 11.5. The number of hydrogen-bond donors (Lipinski definition) is 0. The van der Waals surface area contributed by atoms with Crippen LogP contribution in [-0.2, 0) is 5.41 Å². The molecule has 1 nitrogen and oxygen atoms in total. The van der Waals surface area contributed by atoms with E-state index in [1.54, 1.807) is 0 Å². The molecule has 0 amide bonds. The van der Waals surface area contributed by atoms with Crippen LogP contribution in [0.15, 0.2) is 146 Å². The van der Waals surface area contributed by atoms with Gasteiger partial charge in [-0.05, 0) is 81.2 Å². The van der Waals surface area contributed by atoms with Crippen LogP contribution >= 0.6 is 0 Å². The molecule has 9 rings (SSSR count). The van der Waals surface area contributed by atoms with Crippen LogP contribution in [0.5, 0.6) is 0 Å². The molecule has 1 atom stereocenters. The van der Waals surface area contributed by atoms with E-state index in [-0.39, 0.29) is 5.41 Å². The Morgan fingerprint density at radius 2 is 1.17 bits per heavy atom. The number of para-hydroxylation sites is 1. The van der Waals surface area contributed by atoms with Gasteiger partial charge in [-0.3, -0.25) is 0 Å². The smallest absolute Gasteiger partial charge is 0.0619 e. The lowest BCUT2D eigenvalue weighted by Crippen LogP contribution is -2.22. The molecule has 0 aliphatic heterocycles. The minimum Gasteiger partial charge on any atom is -0.309 e. The summed E-state index contributed by atoms with van der Waals surface area (Å²) in [5.74, 6) is 0. The second kappa shape index (κ2) is 8.19. The minimum absolute atomic E-state index is 0.274. The van der Waals surface area contributed by atoms with Gasteiger partial charge in [0, 0.05) is 27.3 Å². The molecule has 0 bridgehead atoms. The van der Waals surface area contributed by atoms with Crippen molar-refractivity contribution >= 4 is 43.4 Å². The predicted octanol–water partition coefficient (Wildman–Crippen LogP) is 10.4. The molecule has 1 aromatic heterocycles. The number of aromatic nitrogens is 1. The van der Waals surface area contributed by atoms with E-state index in [4.69, 9.17) is 0 Å². The molecule has 0 saturated heterocycles. The van der Waals surface area contributed by atoms with E-state index in [0.29, 0.717) is 0 Å². The first kappa shape index (κ1) is 22.7. The van der Waals surface area contributed by atoms with Crippen LogP contribution in [0, 0.1) is 0 Å². The number of nitrogens with zero attached hydrogens (tertiary/aromatic N) is 1. The van der Waals surface area contributed by atoms with Gasteiger partial charge >= 0.3 is 0 Å². The van der Waals surface area contributed by atoms with Crippen molar-refractivity contribution in [3.63, 3.8) is 0 Å². The van der Waals surface area contributed by atoms with E-state index in [1.807, 2.05) is 0 Å². The summed E-state index contributed by atoms with van der Waals surface area (Å²) in [6.07, 6.45) is 0. The highest BCUT2D eigenvalue weighted by Crippen LogP contribution is 2.54. The highest BCUT2D eigenvalue weighted by atomic mass is 15.0. The number of rotatable bonds is 2. The highest BCUT2D eigenvalue weighted by molar-refractivity contribution is 6.19. The lowest BCUT2D eigenvalue weighted by Gasteiger charge is -2.29. The molecule has 192 valence electrons. The molecule has 0 radical (unpaired) electrons. The molecule has 1 unspecified atom stereocenters. The molecule has 41 heavy (non-hydrogen) atoms. The van der Waals surface area contributed by atoms with Crippen molar-refractivity contribution in [3.05, 3.63) is 162 Å². The van der Waals surface area contributed by atoms with Crippen LogP contribution in [-0.4, -0.2) is 4.57 Å². The Bertz CT molecular complexity index is 2320. The van der Waals surface area contributed by atoms with Crippen molar-refractivity contribution in [2.45, 2.75) is 12.3 Å². The van der Waals surface area contributed by atoms with Gasteiger partial charge < -0.3 is 4.57 Å². The van der Waals surface area contributed by atoms with Crippen LogP contribution in [0.1, 0.15) is 23.6 Å². The molecule has 0 spiro atoms. The molecule has 1 aliphatic carbocycles. The average Bonchev–Trinajstić information content (AvgIpc) is 3.50. The quantitative estimate of drug-likeness (QED) is 0.213. The van der Waals surface area contributed by atoms with Crippen LogP contribution in [0.3, 0.4) is 0 Å². The summed E-state index contributed by atoms with van der Waals surface area (Å²) in [7, 11) is 0. The maximum absolute atomic E-state index is 2.49. The van der Waals surface area contributed by atoms with Gasteiger partial charge in [0.2, 0.25) is 0 Å². The lowest BCUT2D eigenvalue weighted by molar-refractivity contribution is 0.716. The molecule has 1 heterocycles. The summed E-state index contributed by atoms with van der Waals surface area (Å²) in [5, 5.41) is 7.69. The normalized spacial score (nSPS) is 16.0. The molecule has 0 N–H and O–H groups in total. The van der Waals surface area contributed by atoms with E-state index >= 15 is 0 Å². The van der Waals surface area contributed by atoms with E-state index < -0.39 is 0 Å². The topological polar surface area (TPSA) is 4.93 Å². The Kier molecular flexibility index (Phi) is 4.52. The van der Waals surface area contributed by atoms with Crippen molar-refractivity contribution in [2.24, 2.45) is 0 Å². The summed E-state index contributed by atoms with van der Waals surface area (Å²) in [6, 6.07) is 53.8. The predicted molar refractivity (Wildman–Crippen MR) is 173 cm³/mol. The Hall–Kier alpha value is -5.14. The zero-order valence-electron chi connectivity index (χ0n) is 22.8. The van der Waals surface area contributed by atoms with Gasteiger partial charge in [0.1, 0.15) is 0 Å². The van der Waals surface area contributed by atoms with E-state index in [0.717, 1.165) is 0 Å². The summed E-state index contributed by atoms with van der Waals surface area (Å²) in [4.78, 5) is 0. The standard InChI is InChI=1S/C40H27N/c1-40(29-21-19-26-11-5-6-13-28(26)23-29)36-18-10-9-17-32(36)34-24-35-33-22-20-27-12-7-8-16-31(27)39(33)41(38(35)25-37(34)40)30-14-3-2-4-15-30/h2-25H,1H3. The molecule has 7 aromatic carbocycles. The fourth-order valence-electron chi connectivity index (χ4n) is 7.41. The largest absolute Gasteiger partial charge is 0.309 e. The first-order valence-corrected chi connectivity index (χ1v) is 14.4. The first-order valence-electron chi connectivity index (χ1n) is 14.4. The molecule has 1 aliphatic rings. The van der Waals surface area contributed by atoms with E-state index in [1.165, 1.54) is 76.9 Å². The monoisotopic (exact) mass is 521 g/mol. The van der Waals surface area contributed by atoms with Crippen molar-refractivity contribution in [3.8, 4) is 16.8 Å². The van der Waals surface area contributed by atoms with E-state index in [9.17, 15) is 0 Å². The lowest BCUT2D eigenvalue weighted by atomic mass is 9.73. The average molecular weight is 522 g/mol. The van der Waals surface area contributed by atoms with Gasteiger partial charge in [-0.2, -0.15) is 0 Å². The van der Waals surface area contributed by atoms with Crippen molar-refractivity contribution < 1.29 is 0 Å². The summed E-state index contributed by atoms with van der Waals surface area (Å²) < 4.78 is 2.48. The third kappa shape index (κ3) is 3.01. The van der Waals surface area contributed by atoms with Gasteiger partial charge in [-0.15, -0.1) is 0 Å². The van der Waals surface area contributed by atoms with Gasteiger partial charge in [0.15, 0.2) is 0 Å².